The molecular weight excluding hydrogens is 290 g/mol. The lowest BCUT2D eigenvalue weighted by Gasteiger charge is -2.23. The SMILES string of the molecule is CC(C)(CCOS(C)(=O)=O)n1ncc(-c2ccccc2)n1. The summed E-state index contributed by atoms with van der Waals surface area (Å²) >= 11 is 0. The minimum atomic E-state index is -3.42. The Labute approximate surface area is 124 Å². The fourth-order valence-corrected chi connectivity index (χ4v) is 2.22. The van der Waals surface area contributed by atoms with Gasteiger partial charge in [0.25, 0.3) is 10.1 Å². The maximum Gasteiger partial charge on any atom is 0.264 e. The lowest BCUT2D eigenvalue weighted by molar-refractivity contribution is 0.203. The molecule has 0 N–H and O–H groups in total. The van der Waals surface area contributed by atoms with E-state index in [0.29, 0.717) is 6.42 Å². The molecule has 2 aromatic rings. The van der Waals surface area contributed by atoms with Crippen LogP contribution < -0.4 is 0 Å². The molecule has 0 aliphatic carbocycles. The van der Waals surface area contributed by atoms with Crippen molar-refractivity contribution in [3.63, 3.8) is 0 Å². The predicted molar refractivity (Wildman–Crippen MR) is 80.2 cm³/mol. The molecule has 0 aliphatic heterocycles. The largest absolute Gasteiger partial charge is 0.270 e. The average Bonchev–Trinajstić information content (AvgIpc) is 2.88. The minimum Gasteiger partial charge on any atom is -0.270 e. The molecule has 0 saturated heterocycles. The Morgan fingerprint density at radius 3 is 2.52 bits per heavy atom. The van der Waals surface area contributed by atoms with Crippen LogP contribution in [0, 0.1) is 0 Å². The summed E-state index contributed by atoms with van der Waals surface area (Å²) in [5.41, 5.74) is 1.34. The van der Waals surface area contributed by atoms with E-state index >= 15 is 0 Å². The molecule has 0 unspecified atom stereocenters. The van der Waals surface area contributed by atoms with Crippen LogP contribution >= 0.6 is 0 Å². The molecule has 114 valence electrons. The van der Waals surface area contributed by atoms with Gasteiger partial charge in [0.15, 0.2) is 0 Å². The summed E-state index contributed by atoms with van der Waals surface area (Å²) in [6, 6.07) is 9.77. The Bertz CT molecular complexity index is 693. The molecule has 0 aliphatic rings. The fraction of sp³-hybridized carbons (Fsp3) is 0.429. The molecule has 0 saturated carbocycles. The van der Waals surface area contributed by atoms with Gasteiger partial charge in [0.05, 0.1) is 24.6 Å². The number of hydrogen-bond acceptors (Lipinski definition) is 5. The van der Waals surface area contributed by atoms with Crippen LogP contribution in [-0.2, 0) is 19.8 Å². The monoisotopic (exact) mass is 309 g/mol. The summed E-state index contributed by atoms with van der Waals surface area (Å²) in [6.07, 6.45) is 3.23. The van der Waals surface area contributed by atoms with Crippen molar-refractivity contribution < 1.29 is 12.6 Å². The first kappa shape index (κ1) is 15.7. The second-order valence-corrected chi connectivity index (χ2v) is 7.12. The zero-order valence-electron chi connectivity index (χ0n) is 12.4. The van der Waals surface area contributed by atoms with Gasteiger partial charge in [-0.05, 0) is 20.3 Å². The van der Waals surface area contributed by atoms with Gasteiger partial charge in [0.2, 0.25) is 0 Å². The smallest absolute Gasteiger partial charge is 0.264 e. The third kappa shape index (κ3) is 4.37. The quantitative estimate of drug-likeness (QED) is 0.763. The van der Waals surface area contributed by atoms with Gasteiger partial charge in [-0.2, -0.15) is 23.4 Å². The molecule has 1 aromatic carbocycles. The van der Waals surface area contributed by atoms with E-state index in [1.165, 1.54) is 0 Å². The van der Waals surface area contributed by atoms with Gasteiger partial charge in [0.1, 0.15) is 5.69 Å². The van der Waals surface area contributed by atoms with Crippen molar-refractivity contribution in [2.75, 3.05) is 12.9 Å². The molecule has 0 spiro atoms. The van der Waals surface area contributed by atoms with E-state index in [2.05, 4.69) is 10.2 Å². The van der Waals surface area contributed by atoms with Gasteiger partial charge in [0, 0.05) is 5.56 Å². The molecular formula is C14H19N3O3S. The molecule has 21 heavy (non-hydrogen) atoms. The first-order valence-electron chi connectivity index (χ1n) is 6.61. The van der Waals surface area contributed by atoms with Crippen molar-refractivity contribution in [2.24, 2.45) is 0 Å². The number of benzene rings is 1. The van der Waals surface area contributed by atoms with Gasteiger partial charge in [-0.3, -0.25) is 4.18 Å². The van der Waals surface area contributed by atoms with E-state index in [1.54, 1.807) is 11.0 Å². The van der Waals surface area contributed by atoms with Gasteiger partial charge in [-0.25, -0.2) is 0 Å². The Hall–Kier alpha value is -1.73. The molecule has 1 aromatic heterocycles. The van der Waals surface area contributed by atoms with E-state index in [0.717, 1.165) is 17.5 Å². The highest BCUT2D eigenvalue weighted by atomic mass is 32.2. The van der Waals surface area contributed by atoms with E-state index in [4.69, 9.17) is 4.18 Å². The summed E-state index contributed by atoms with van der Waals surface area (Å²) in [5.74, 6) is 0. The molecule has 2 rings (SSSR count). The Morgan fingerprint density at radius 1 is 1.24 bits per heavy atom. The molecule has 0 bridgehead atoms. The summed E-state index contributed by atoms with van der Waals surface area (Å²) < 4.78 is 26.7. The van der Waals surface area contributed by atoms with E-state index in [9.17, 15) is 8.42 Å². The highest BCUT2D eigenvalue weighted by molar-refractivity contribution is 7.85. The Kier molecular flexibility index (Phi) is 4.43. The second-order valence-electron chi connectivity index (χ2n) is 5.47. The summed E-state index contributed by atoms with van der Waals surface area (Å²) in [7, 11) is -3.42. The standard InChI is InChI=1S/C14H19N3O3S/c1-14(2,9-10-20-21(3,18)19)17-15-11-13(16-17)12-7-5-4-6-8-12/h4-8,11H,9-10H2,1-3H3. The van der Waals surface area contributed by atoms with Crippen molar-refractivity contribution >= 4 is 10.1 Å². The van der Waals surface area contributed by atoms with E-state index in [1.807, 2.05) is 44.2 Å². The van der Waals surface area contributed by atoms with Crippen molar-refractivity contribution in [2.45, 2.75) is 25.8 Å². The van der Waals surface area contributed by atoms with Crippen molar-refractivity contribution in [3.8, 4) is 11.3 Å². The normalized spacial score (nSPS) is 12.5. The van der Waals surface area contributed by atoms with Crippen LogP contribution in [0.3, 0.4) is 0 Å². The third-order valence-electron chi connectivity index (χ3n) is 3.11. The molecule has 0 radical (unpaired) electrons. The van der Waals surface area contributed by atoms with Crippen LogP contribution in [0.5, 0.6) is 0 Å². The highest BCUT2D eigenvalue weighted by Gasteiger charge is 2.23. The molecule has 0 atom stereocenters. The Morgan fingerprint density at radius 2 is 1.90 bits per heavy atom. The van der Waals surface area contributed by atoms with Crippen LogP contribution in [0.2, 0.25) is 0 Å². The maximum atomic E-state index is 11.0. The summed E-state index contributed by atoms with van der Waals surface area (Å²) in [5, 5.41) is 8.75. The van der Waals surface area contributed by atoms with Crippen LogP contribution in [0.1, 0.15) is 20.3 Å². The van der Waals surface area contributed by atoms with Gasteiger partial charge < -0.3 is 0 Å². The first-order chi connectivity index (χ1) is 9.78. The molecule has 6 nitrogen and oxygen atoms in total. The Balaban J connectivity index is 2.09. The van der Waals surface area contributed by atoms with Gasteiger partial charge in [-0.1, -0.05) is 30.3 Å². The molecule has 1 heterocycles. The van der Waals surface area contributed by atoms with Gasteiger partial charge >= 0.3 is 0 Å². The second kappa shape index (κ2) is 5.95. The van der Waals surface area contributed by atoms with Crippen LogP contribution in [0.25, 0.3) is 11.3 Å². The minimum absolute atomic E-state index is 0.105. The van der Waals surface area contributed by atoms with Crippen LogP contribution in [0.15, 0.2) is 36.5 Å². The molecule has 0 fully saturated rings. The van der Waals surface area contributed by atoms with E-state index in [-0.39, 0.29) is 6.61 Å². The van der Waals surface area contributed by atoms with Crippen molar-refractivity contribution in [3.05, 3.63) is 36.5 Å². The fourth-order valence-electron chi connectivity index (χ4n) is 1.84. The summed E-state index contributed by atoms with van der Waals surface area (Å²) in [6.45, 7) is 3.98. The zero-order valence-corrected chi connectivity index (χ0v) is 13.2. The topological polar surface area (TPSA) is 74.1 Å². The first-order valence-corrected chi connectivity index (χ1v) is 8.42. The number of rotatable bonds is 6. The lowest BCUT2D eigenvalue weighted by Crippen LogP contribution is -2.30. The van der Waals surface area contributed by atoms with Crippen LogP contribution in [-0.4, -0.2) is 36.3 Å². The highest BCUT2D eigenvalue weighted by Crippen LogP contribution is 2.21. The molecule has 0 amide bonds. The van der Waals surface area contributed by atoms with Gasteiger partial charge in [-0.15, -0.1) is 0 Å². The zero-order chi connectivity index (χ0) is 15.5. The lowest BCUT2D eigenvalue weighted by atomic mass is 10.0. The van der Waals surface area contributed by atoms with Crippen molar-refractivity contribution in [1.29, 1.82) is 0 Å². The van der Waals surface area contributed by atoms with Crippen molar-refractivity contribution in [1.82, 2.24) is 15.0 Å². The van der Waals surface area contributed by atoms with Crippen LogP contribution in [0.4, 0.5) is 0 Å². The number of nitrogens with zero attached hydrogens (tertiary/aromatic N) is 3. The maximum absolute atomic E-state index is 11.0. The summed E-state index contributed by atoms with van der Waals surface area (Å²) in [4.78, 5) is 1.60. The third-order valence-corrected chi connectivity index (χ3v) is 3.71. The number of aromatic nitrogens is 3. The molecule has 7 heteroatoms. The van der Waals surface area contributed by atoms with E-state index < -0.39 is 15.7 Å². The number of hydrogen-bond donors (Lipinski definition) is 0. The predicted octanol–water partition coefficient (Wildman–Crippen LogP) is 2.05. The average molecular weight is 309 g/mol.